The molecule has 0 N–H and O–H groups in total. The molecule has 0 amide bonds. The van der Waals surface area contributed by atoms with Crippen LogP contribution in [0.2, 0.25) is 0 Å². The standard InChI is InChI=1S/C16H30FNO/c1-13(2)19-12-16(6-7-16)11-18-8-4-15(5-9-18)14(3)10-17/h13-15H,4-12H2,1-3H3. The summed E-state index contributed by atoms with van der Waals surface area (Å²) in [4.78, 5) is 2.58. The van der Waals surface area contributed by atoms with Crippen LogP contribution in [0.5, 0.6) is 0 Å². The van der Waals surface area contributed by atoms with Gasteiger partial charge >= 0.3 is 0 Å². The highest BCUT2D eigenvalue weighted by Gasteiger charge is 2.44. The van der Waals surface area contributed by atoms with Crippen molar-refractivity contribution in [1.29, 1.82) is 0 Å². The van der Waals surface area contributed by atoms with Crippen LogP contribution < -0.4 is 0 Å². The van der Waals surface area contributed by atoms with Gasteiger partial charge in [0.15, 0.2) is 0 Å². The molecule has 1 aliphatic heterocycles. The summed E-state index contributed by atoms with van der Waals surface area (Å²) in [5.74, 6) is 0.852. The van der Waals surface area contributed by atoms with Gasteiger partial charge in [0, 0.05) is 12.0 Å². The lowest BCUT2D eigenvalue weighted by Gasteiger charge is -2.36. The molecule has 2 nitrogen and oxygen atoms in total. The first-order chi connectivity index (χ1) is 9.04. The Morgan fingerprint density at radius 1 is 1.21 bits per heavy atom. The number of nitrogens with zero attached hydrogens (tertiary/aromatic N) is 1. The first-order valence-electron chi connectivity index (χ1n) is 7.94. The lowest BCUT2D eigenvalue weighted by molar-refractivity contribution is 0.0244. The number of alkyl halides is 1. The lowest BCUT2D eigenvalue weighted by Crippen LogP contribution is -2.40. The SMILES string of the molecule is CC(C)OCC1(CN2CCC(C(C)CF)CC2)CC1. The van der Waals surface area contributed by atoms with E-state index in [1.54, 1.807) is 0 Å². The molecule has 0 spiro atoms. The third-order valence-corrected chi connectivity index (χ3v) is 4.92. The van der Waals surface area contributed by atoms with Gasteiger partial charge in [0.05, 0.1) is 19.4 Å². The van der Waals surface area contributed by atoms with Gasteiger partial charge in [0.25, 0.3) is 0 Å². The number of hydrogen-bond donors (Lipinski definition) is 0. The zero-order valence-electron chi connectivity index (χ0n) is 12.8. The third kappa shape index (κ3) is 4.42. The van der Waals surface area contributed by atoms with E-state index >= 15 is 0 Å². The molecular weight excluding hydrogens is 241 g/mol. The fraction of sp³-hybridized carbons (Fsp3) is 1.00. The fourth-order valence-electron chi connectivity index (χ4n) is 3.15. The van der Waals surface area contributed by atoms with Crippen molar-refractivity contribution in [1.82, 2.24) is 4.90 Å². The van der Waals surface area contributed by atoms with Crippen molar-refractivity contribution in [2.45, 2.75) is 52.6 Å². The zero-order valence-corrected chi connectivity index (χ0v) is 12.8. The molecule has 112 valence electrons. The third-order valence-electron chi connectivity index (χ3n) is 4.92. The summed E-state index contributed by atoms with van der Waals surface area (Å²) in [7, 11) is 0. The molecule has 1 aliphatic carbocycles. The highest BCUT2D eigenvalue weighted by atomic mass is 19.1. The van der Waals surface area contributed by atoms with E-state index in [1.165, 1.54) is 32.2 Å². The van der Waals surface area contributed by atoms with Crippen molar-refractivity contribution in [3.05, 3.63) is 0 Å². The van der Waals surface area contributed by atoms with Crippen molar-refractivity contribution in [3.63, 3.8) is 0 Å². The Balaban J connectivity index is 1.71. The van der Waals surface area contributed by atoms with Crippen LogP contribution in [-0.2, 0) is 4.74 Å². The molecule has 1 saturated heterocycles. The minimum absolute atomic E-state index is 0.156. The fourth-order valence-corrected chi connectivity index (χ4v) is 3.15. The summed E-state index contributed by atoms with van der Waals surface area (Å²) in [6.07, 6.45) is 5.33. The summed E-state index contributed by atoms with van der Waals surface area (Å²) < 4.78 is 18.5. The highest BCUT2D eigenvalue weighted by Crippen LogP contribution is 2.47. The number of piperidine rings is 1. The molecular formula is C16H30FNO. The Hall–Kier alpha value is -0.150. The number of halogens is 1. The molecule has 1 unspecified atom stereocenters. The van der Waals surface area contributed by atoms with Crippen LogP contribution >= 0.6 is 0 Å². The number of hydrogen-bond acceptors (Lipinski definition) is 2. The molecule has 2 aliphatic rings. The second kappa shape index (κ2) is 6.53. The van der Waals surface area contributed by atoms with E-state index in [0.717, 1.165) is 19.7 Å². The van der Waals surface area contributed by atoms with Gasteiger partial charge in [0.2, 0.25) is 0 Å². The number of likely N-dealkylation sites (tertiary alicyclic amines) is 1. The second-order valence-electron chi connectivity index (χ2n) is 7.10. The van der Waals surface area contributed by atoms with Gasteiger partial charge in [-0.3, -0.25) is 4.39 Å². The van der Waals surface area contributed by atoms with Gasteiger partial charge in [0.1, 0.15) is 0 Å². The molecule has 0 aromatic rings. The van der Waals surface area contributed by atoms with Crippen molar-refractivity contribution >= 4 is 0 Å². The van der Waals surface area contributed by atoms with E-state index in [0.29, 0.717) is 17.4 Å². The maximum Gasteiger partial charge on any atom is 0.0922 e. The highest BCUT2D eigenvalue weighted by molar-refractivity contribution is 4.96. The zero-order chi connectivity index (χ0) is 13.9. The number of ether oxygens (including phenoxy) is 1. The molecule has 1 heterocycles. The molecule has 0 bridgehead atoms. The van der Waals surface area contributed by atoms with Crippen molar-refractivity contribution in [3.8, 4) is 0 Å². The summed E-state index contributed by atoms with van der Waals surface area (Å²) in [5.41, 5.74) is 0.447. The molecule has 0 aromatic heterocycles. The van der Waals surface area contributed by atoms with Crippen molar-refractivity contribution in [2.75, 3.05) is 32.9 Å². The topological polar surface area (TPSA) is 12.5 Å². The van der Waals surface area contributed by atoms with E-state index in [4.69, 9.17) is 4.74 Å². The lowest BCUT2D eigenvalue weighted by atomic mass is 9.86. The molecule has 1 atom stereocenters. The van der Waals surface area contributed by atoms with Crippen LogP contribution in [0.4, 0.5) is 4.39 Å². The molecule has 2 fully saturated rings. The Bertz CT molecular complexity index is 270. The molecule has 2 rings (SSSR count). The summed E-state index contributed by atoms with van der Waals surface area (Å²) in [5, 5.41) is 0. The predicted octanol–water partition coefficient (Wildman–Crippen LogP) is 3.51. The minimum Gasteiger partial charge on any atom is -0.378 e. The molecule has 19 heavy (non-hydrogen) atoms. The van der Waals surface area contributed by atoms with Gasteiger partial charge in [-0.25, -0.2) is 0 Å². The van der Waals surface area contributed by atoms with Crippen LogP contribution in [0.15, 0.2) is 0 Å². The predicted molar refractivity (Wildman–Crippen MR) is 77.1 cm³/mol. The maximum absolute atomic E-state index is 12.7. The Morgan fingerprint density at radius 3 is 2.32 bits per heavy atom. The largest absolute Gasteiger partial charge is 0.378 e. The van der Waals surface area contributed by atoms with Crippen LogP contribution in [0, 0.1) is 17.3 Å². The molecule has 0 aromatic carbocycles. The quantitative estimate of drug-likeness (QED) is 0.702. The number of rotatable bonds is 7. The average molecular weight is 271 g/mol. The van der Waals surface area contributed by atoms with Gasteiger partial charge in [-0.1, -0.05) is 6.92 Å². The van der Waals surface area contributed by atoms with Gasteiger partial charge < -0.3 is 9.64 Å². The first-order valence-corrected chi connectivity index (χ1v) is 7.94. The van der Waals surface area contributed by atoms with E-state index < -0.39 is 0 Å². The van der Waals surface area contributed by atoms with Gasteiger partial charge in [-0.05, 0) is 64.5 Å². The van der Waals surface area contributed by atoms with Crippen LogP contribution in [0.25, 0.3) is 0 Å². The Labute approximate surface area is 117 Å². The van der Waals surface area contributed by atoms with Gasteiger partial charge in [-0.2, -0.15) is 0 Å². The molecule has 0 radical (unpaired) electrons. The van der Waals surface area contributed by atoms with E-state index in [2.05, 4.69) is 25.7 Å². The molecule has 3 heteroatoms. The van der Waals surface area contributed by atoms with Crippen LogP contribution in [0.3, 0.4) is 0 Å². The van der Waals surface area contributed by atoms with E-state index in [1.807, 2.05) is 0 Å². The smallest absolute Gasteiger partial charge is 0.0922 e. The summed E-state index contributed by atoms with van der Waals surface area (Å²) in [6.45, 7) is 10.5. The van der Waals surface area contributed by atoms with E-state index in [9.17, 15) is 4.39 Å². The summed E-state index contributed by atoms with van der Waals surface area (Å²) >= 11 is 0. The van der Waals surface area contributed by atoms with Crippen LogP contribution in [0.1, 0.15) is 46.5 Å². The monoisotopic (exact) mass is 271 g/mol. The van der Waals surface area contributed by atoms with Crippen LogP contribution in [-0.4, -0.2) is 43.9 Å². The first kappa shape index (κ1) is 15.2. The van der Waals surface area contributed by atoms with E-state index in [-0.39, 0.29) is 12.6 Å². The Kier molecular flexibility index (Phi) is 5.24. The molecule has 1 saturated carbocycles. The normalized spacial score (nSPS) is 25.7. The van der Waals surface area contributed by atoms with Crippen molar-refractivity contribution in [2.24, 2.45) is 17.3 Å². The maximum atomic E-state index is 12.7. The summed E-state index contributed by atoms with van der Waals surface area (Å²) in [6, 6.07) is 0. The average Bonchev–Trinajstić information content (AvgIpc) is 3.17. The van der Waals surface area contributed by atoms with Gasteiger partial charge in [-0.15, -0.1) is 0 Å². The minimum atomic E-state index is -0.156. The second-order valence-corrected chi connectivity index (χ2v) is 7.10. The Morgan fingerprint density at radius 2 is 1.84 bits per heavy atom. The van der Waals surface area contributed by atoms with Crippen molar-refractivity contribution < 1.29 is 9.13 Å².